The summed E-state index contributed by atoms with van der Waals surface area (Å²) >= 11 is 2.07. The third-order valence-corrected chi connectivity index (χ3v) is 4.99. The van der Waals surface area contributed by atoms with Gasteiger partial charge < -0.3 is 5.32 Å². The van der Waals surface area contributed by atoms with Crippen LogP contribution in [-0.2, 0) is 12.8 Å². The minimum atomic E-state index is 0.169. The highest BCUT2D eigenvalue weighted by atomic mass is 32.2. The molecule has 3 rings (SSSR count). The topological polar surface area (TPSA) is 12.0 Å². The first-order chi connectivity index (χ1) is 9.36. The number of hydrogen-bond donors (Lipinski definition) is 1. The highest BCUT2D eigenvalue weighted by Crippen LogP contribution is 2.34. The third-order valence-electron chi connectivity index (χ3n) is 3.59. The zero-order valence-corrected chi connectivity index (χ0v) is 11.8. The second-order valence-corrected chi connectivity index (χ2v) is 6.57. The van der Waals surface area contributed by atoms with Gasteiger partial charge in [0.05, 0.1) is 4.87 Å². The molecule has 1 N–H and O–H groups in total. The standard InChI is InChI=1S/C17H19NS/c1-3-7-15(8-4-1)13-17(18-11-12-19-17)14-16-9-5-2-6-10-16/h1-10,18H,11-14H2. The van der Waals surface area contributed by atoms with Crippen molar-refractivity contribution in [3.63, 3.8) is 0 Å². The molecule has 19 heavy (non-hydrogen) atoms. The number of nitrogens with one attached hydrogen (secondary N) is 1. The van der Waals surface area contributed by atoms with E-state index in [9.17, 15) is 0 Å². The first-order valence-electron chi connectivity index (χ1n) is 6.83. The van der Waals surface area contributed by atoms with Crippen LogP contribution in [0.25, 0.3) is 0 Å². The zero-order valence-electron chi connectivity index (χ0n) is 11.0. The molecule has 98 valence electrons. The average molecular weight is 269 g/mol. The van der Waals surface area contributed by atoms with E-state index >= 15 is 0 Å². The normalized spacial score (nSPS) is 17.5. The van der Waals surface area contributed by atoms with E-state index in [2.05, 4.69) is 77.7 Å². The molecule has 1 aliphatic heterocycles. The minimum Gasteiger partial charge on any atom is -0.301 e. The molecule has 1 nitrogen and oxygen atoms in total. The van der Waals surface area contributed by atoms with Crippen LogP contribution in [-0.4, -0.2) is 17.2 Å². The molecule has 1 saturated heterocycles. The predicted octanol–water partition coefficient (Wildman–Crippen LogP) is 3.50. The quantitative estimate of drug-likeness (QED) is 0.911. The van der Waals surface area contributed by atoms with Crippen molar-refractivity contribution in [3.05, 3.63) is 71.8 Å². The lowest BCUT2D eigenvalue weighted by Crippen LogP contribution is -2.41. The van der Waals surface area contributed by atoms with Gasteiger partial charge in [-0.05, 0) is 11.1 Å². The lowest BCUT2D eigenvalue weighted by molar-refractivity contribution is 0.496. The van der Waals surface area contributed by atoms with Crippen molar-refractivity contribution < 1.29 is 0 Å². The van der Waals surface area contributed by atoms with Gasteiger partial charge >= 0.3 is 0 Å². The van der Waals surface area contributed by atoms with Crippen LogP contribution in [0, 0.1) is 0 Å². The van der Waals surface area contributed by atoms with Gasteiger partial charge in [-0.25, -0.2) is 0 Å². The third kappa shape index (κ3) is 3.20. The Balaban J connectivity index is 1.79. The summed E-state index contributed by atoms with van der Waals surface area (Å²) in [4.78, 5) is 0.169. The van der Waals surface area contributed by atoms with E-state index in [4.69, 9.17) is 0 Å². The van der Waals surface area contributed by atoms with E-state index in [1.807, 2.05) is 0 Å². The van der Waals surface area contributed by atoms with Crippen LogP contribution in [0.5, 0.6) is 0 Å². The van der Waals surface area contributed by atoms with Crippen LogP contribution in [0.1, 0.15) is 11.1 Å². The van der Waals surface area contributed by atoms with Crippen LogP contribution in [0.15, 0.2) is 60.7 Å². The fourth-order valence-electron chi connectivity index (χ4n) is 2.72. The van der Waals surface area contributed by atoms with E-state index in [1.165, 1.54) is 16.9 Å². The second kappa shape index (κ2) is 5.81. The Bertz CT molecular complexity index is 460. The maximum absolute atomic E-state index is 3.73. The molecular formula is C17H19NS. The molecule has 0 unspecified atom stereocenters. The molecule has 0 aliphatic carbocycles. The molecule has 1 aliphatic rings. The van der Waals surface area contributed by atoms with Crippen molar-refractivity contribution in [2.24, 2.45) is 0 Å². The zero-order chi connectivity index (χ0) is 13.0. The average Bonchev–Trinajstić information content (AvgIpc) is 2.89. The molecule has 2 aromatic rings. The SMILES string of the molecule is c1ccc(CC2(Cc3ccccc3)NCCS2)cc1. The van der Waals surface area contributed by atoms with Crippen molar-refractivity contribution in [2.75, 3.05) is 12.3 Å². The van der Waals surface area contributed by atoms with Gasteiger partial charge in [0.25, 0.3) is 0 Å². The van der Waals surface area contributed by atoms with E-state index in [0.29, 0.717) is 0 Å². The molecule has 0 bridgehead atoms. The Morgan fingerprint density at radius 3 is 1.79 bits per heavy atom. The van der Waals surface area contributed by atoms with Gasteiger partial charge in [0, 0.05) is 25.1 Å². The molecule has 2 aromatic carbocycles. The van der Waals surface area contributed by atoms with Gasteiger partial charge in [0.15, 0.2) is 0 Å². The maximum Gasteiger partial charge on any atom is 0.0727 e. The molecule has 0 aromatic heterocycles. The smallest absolute Gasteiger partial charge is 0.0727 e. The van der Waals surface area contributed by atoms with E-state index in [0.717, 1.165) is 19.4 Å². The first-order valence-corrected chi connectivity index (χ1v) is 7.82. The van der Waals surface area contributed by atoms with E-state index in [1.54, 1.807) is 0 Å². The summed E-state index contributed by atoms with van der Waals surface area (Å²) in [5, 5.41) is 3.73. The van der Waals surface area contributed by atoms with Gasteiger partial charge in [0.2, 0.25) is 0 Å². The predicted molar refractivity (Wildman–Crippen MR) is 83.5 cm³/mol. The molecule has 0 amide bonds. The summed E-state index contributed by atoms with van der Waals surface area (Å²) in [6.07, 6.45) is 2.18. The summed E-state index contributed by atoms with van der Waals surface area (Å²) in [6.45, 7) is 1.12. The van der Waals surface area contributed by atoms with E-state index in [-0.39, 0.29) is 4.87 Å². The molecule has 2 heteroatoms. The Morgan fingerprint density at radius 2 is 1.37 bits per heavy atom. The summed E-state index contributed by atoms with van der Waals surface area (Å²) in [5.41, 5.74) is 2.83. The van der Waals surface area contributed by atoms with Crippen molar-refractivity contribution in [1.82, 2.24) is 5.32 Å². The maximum atomic E-state index is 3.73. The van der Waals surface area contributed by atoms with Crippen LogP contribution in [0.2, 0.25) is 0 Å². The van der Waals surface area contributed by atoms with Crippen molar-refractivity contribution in [2.45, 2.75) is 17.7 Å². The molecule has 0 saturated carbocycles. The largest absolute Gasteiger partial charge is 0.301 e. The summed E-state index contributed by atoms with van der Waals surface area (Å²) < 4.78 is 0. The van der Waals surface area contributed by atoms with Gasteiger partial charge in [-0.3, -0.25) is 0 Å². The molecule has 1 heterocycles. The molecule has 0 radical (unpaired) electrons. The van der Waals surface area contributed by atoms with Crippen molar-refractivity contribution >= 4 is 11.8 Å². The van der Waals surface area contributed by atoms with Gasteiger partial charge in [-0.1, -0.05) is 60.7 Å². The molecule has 0 atom stereocenters. The fraction of sp³-hybridized carbons (Fsp3) is 0.294. The number of hydrogen-bond acceptors (Lipinski definition) is 2. The first kappa shape index (κ1) is 12.8. The number of thioether (sulfide) groups is 1. The Morgan fingerprint density at radius 1 is 0.842 bits per heavy atom. The Kier molecular flexibility index (Phi) is 3.90. The Labute approximate surface area is 119 Å². The van der Waals surface area contributed by atoms with Crippen LogP contribution >= 0.6 is 11.8 Å². The second-order valence-electron chi connectivity index (χ2n) is 5.09. The summed E-state index contributed by atoms with van der Waals surface area (Å²) in [6, 6.07) is 21.6. The Hall–Kier alpha value is -1.25. The van der Waals surface area contributed by atoms with Crippen LogP contribution in [0.4, 0.5) is 0 Å². The van der Waals surface area contributed by atoms with Gasteiger partial charge in [-0.2, -0.15) is 0 Å². The lowest BCUT2D eigenvalue weighted by Gasteiger charge is -2.29. The highest BCUT2D eigenvalue weighted by molar-refractivity contribution is 8.00. The van der Waals surface area contributed by atoms with Gasteiger partial charge in [-0.15, -0.1) is 11.8 Å². The molecule has 0 spiro atoms. The van der Waals surface area contributed by atoms with Crippen LogP contribution < -0.4 is 5.32 Å². The molecule has 1 fully saturated rings. The number of rotatable bonds is 4. The minimum absolute atomic E-state index is 0.169. The fourth-order valence-corrected chi connectivity index (χ4v) is 4.05. The summed E-state index contributed by atoms with van der Waals surface area (Å²) in [5.74, 6) is 1.21. The monoisotopic (exact) mass is 269 g/mol. The highest BCUT2D eigenvalue weighted by Gasteiger charge is 2.34. The van der Waals surface area contributed by atoms with E-state index < -0.39 is 0 Å². The molecular weight excluding hydrogens is 250 g/mol. The van der Waals surface area contributed by atoms with Gasteiger partial charge in [0.1, 0.15) is 0 Å². The van der Waals surface area contributed by atoms with Crippen molar-refractivity contribution in [1.29, 1.82) is 0 Å². The van der Waals surface area contributed by atoms with Crippen molar-refractivity contribution in [3.8, 4) is 0 Å². The summed E-state index contributed by atoms with van der Waals surface area (Å²) in [7, 11) is 0. The van der Waals surface area contributed by atoms with Crippen LogP contribution in [0.3, 0.4) is 0 Å². The number of benzene rings is 2. The lowest BCUT2D eigenvalue weighted by atomic mass is 9.98.